The summed E-state index contributed by atoms with van der Waals surface area (Å²) in [6.45, 7) is 4.38. The number of aliphatic hydroxyl groups is 1. The van der Waals surface area contributed by atoms with E-state index >= 15 is 0 Å². The first-order chi connectivity index (χ1) is 5.02. The van der Waals surface area contributed by atoms with E-state index in [4.69, 9.17) is 10.8 Å². The van der Waals surface area contributed by atoms with E-state index < -0.39 is 0 Å². The maximum Gasteiger partial charge on any atom is 0.0617 e. The number of rotatable bonds is 1. The lowest BCUT2D eigenvalue weighted by molar-refractivity contribution is 0.0917. The van der Waals surface area contributed by atoms with Crippen LogP contribution in [-0.4, -0.2) is 28.8 Å². The smallest absolute Gasteiger partial charge is 0.0617 e. The minimum absolute atomic E-state index is 0.0741. The molecule has 1 aliphatic heterocycles. The van der Waals surface area contributed by atoms with Crippen LogP contribution in [0.2, 0.25) is 0 Å². The van der Waals surface area contributed by atoms with Crippen LogP contribution < -0.4 is 5.73 Å². The fourth-order valence-electron chi connectivity index (χ4n) is 1.36. The molecule has 0 aliphatic carbocycles. The van der Waals surface area contributed by atoms with Crippen molar-refractivity contribution in [2.45, 2.75) is 25.8 Å². The molecule has 1 aliphatic rings. The standard InChI is InChI=1S/C8H17NOS/c1-7(2)6-11-4-3-8(7,9)5-10/h10H,3-6,9H2,1-2H3. The summed E-state index contributed by atoms with van der Waals surface area (Å²) >= 11 is 1.93. The van der Waals surface area contributed by atoms with Crippen molar-refractivity contribution in [3.05, 3.63) is 0 Å². The first-order valence-corrected chi connectivity index (χ1v) is 5.15. The molecule has 1 heterocycles. The van der Waals surface area contributed by atoms with Crippen molar-refractivity contribution in [2.24, 2.45) is 11.1 Å². The zero-order chi connectivity index (χ0) is 8.54. The Morgan fingerprint density at radius 3 is 2.55 bits per heavy atom. The van der Waals surface area contributed by atoms with Gasteiger partial charge in [-0.3, -0.25) is 0 Å². The zero-order valence-corrected chi connectivity index (χ0v) is 8.08. The van der Waals surface area contributed by atoms with Gasteiger partial charge in [0.25, 0.3) is 0 Å². The Hall–Kier alpha value is 0.270. The van der Waals surface area contributed by atoms with E-state index in [9.17, 15) is 0 Å². The topological polar surface area (TPSA) is 46.2 Å². The average Bonchev–Trinajstić information content (AvgIpc) is 1.95. The van der Waals surface area contributed by atoms with Crippen molar-refractivity contribution >= 4 is 11.8 Å². The SMILES string of the molecule is CC1(C)CSCCC1(N)CO. The highest BCUT2D eigenvalue weighted by molar-refractivity contribution is 7.99. The van der Waals surface area contributed by atoms with Gasteiger partial charge in [0, 0.05) is 11.3 Å². The van der Waals surface area contributed by atoms with Gasteiger partial charge in [-0.15, -0.1) is 0 Å². The lowest BCUT2D eigenvalue weighted by Gasteiger charge is -2.46. The quantitative estimate of drug-likeness (QED) is 0.621. The van der Waals surface area contributed by atoms with Gasteiger partial charge in [-0.1, -0.05) is 13.8 Å². The van der Waals surface area contributed by atoms with Crippen LogP contribution >= 0.6 is 11.8 Å². The van der Waals surface area contributed by atoms with Gasteiger partial charge in [0.15, 0.2) is 0 Å². The van der Waals surface area contributed by atoms with Crippen LogP contribution in [0.25, 0.3) is 0 Å². The Kier molecular flexibility index (Phi) is 2.52. The second kappa shape index (κ2) is 2.96. The molecular weight excluding hydrogens is 158 g/mol. The first-order valence-electron chi connectivity index (χ1n) is 3.99. The van der Waals surface area contributed by atoms with E-state index in [0.29, 0.717) is 0 Å². The molecule has 0 amide bonds. The normalized spacial score (nSPS) is 37.1. The maximum absolute atomic E-state index is 9.15. The van der Waals surface area contributed by atoms with Gasteiger partial charge in [0.2, 0.25) is 0 Å². The predicted molar refractivity (Wildman–Crippen MR) is 49.7 cm³/mol. The van der Waals surface area contributed by atoms with E-state index in [2.05, 4.69) is 13.8 Å². The molecule has 2 nitrogen and oxygen atoms in total. The number of nitrogens with two attached hydrogens (primary N) is 1. The van der Waals surface area contributed by atoms with Crippen molar-refractivity contribution in [3.63, 3.8) is 0 Å². The third-order valence-electron chi connectivity index (χ3n) is 2.79. The van der Waals surface area contributed by atoms with Crippen LogP contribution in [0.5, 0.6) is 0 Å². The van der Waals surface area contributed by atoms with Gasteiger partial charge in [0.1, 0.15) is 0 Å². The van der Waals surface area contributed by atoms with Crippen molar-refractivity contribution in [1.29, 1.82) is 0 Å². The molecule has 11 heavy (non-hydrogen) atoms. The number of hydrogen-bond acceptors (Lipinski definition) is 3. The fraction of sp³-hybridized carbons (Fsp3) is 1.00. The Morgan fingerprint density at radius 2 is 2.18 bits per heavy atom. The van der Waals surface area contributed by atoms with Gasteiger partial charge in [-0.05, 0) is 17.6 Å². The maximum atomic E-state index is 9.15. The molecule has 0 aromatic rings. The summed E-state index contributed by atoms with van der Waals surface area (Å²) in [5.74, 6) is 2.14. The van der Waals surface area contributed by atoms with Crippen molar-refractivity contribution in [2.75, 3.05) is 18.1 Å². The van der Waals surface area contributed by atoms with Crippen LogP contribution in [-0.2, 0) is 0 Å². The zero-order valence-electron chi connectivity index (χ0n) is 7.26. The summed E-state index contributed by atoms with van der Waals surface area (Å²) in [5, 5.41) is 9.15. The predicted octanol–water partition coefficient (Wildman–Crippen LogP) is 0.839. The van der Waals surface area contributed by atoms with Crippen LogP contribution in [0.15, 0.2) is 0 Å². The third kappa shape index (κ3) is 1.55. The molecule has 0 radical (unpaired) electrons. The molecule has 1 fully saturated rings. The lowest BCUT2D eigenvalue weighted by Crippen LogP contribution is -2.59. The van der Waals surface area contributed by atoms with E-state index in [-0.39, 0.29) is 17.6 Å². The summed E-state index contributed by atoms with van der Waals surface area (Å²) in [5.41, 5.74) is 5.80. The summed E-state index contributed by atoms with van der Waals surface area (Å²) in [4.78, 5) is 0. The Bertz CT molecular complexity index is 149. The number of aliphatic hydroxyl groups excluding tert-OH is 1. The molecule has 1 rings (SSSR count). The molecule has 66 valence electrons. The molecule has 1 saturated heterocycles. The molecule has 3 N–H and O–H groups in total. The van der Waals surface area contributed by atoms with Crippen LogP contribution in [0.3, 0.4) is 0 Å². The highest BCUT2D eigenvalue weighted by Gasteiger charge is 2.43. The van der Waals surface area contributed by atoms with Gasteiger partial charge in [-0.25, -0.2) is 0 Å². The Labute approximate surface area is 72.5 Å². The highest BCUT2D eigenvalue weighted by atomic mass is 32.2. The molecule has 0 aromatic heterocycles. The van der Waals surface area contributed by atoms with E-state index in [1.165, 1.54) is 0 Å². The molecule has 0 aromatic carbocycles. The number of thioether (sulfide) groups is 1. The largest absolute Gasteiger partial charge is 0.394 e. The van der Waals surface area contributed by atoms with Crippen molar-refractivity contribution in [1.82, 2.24) is 0 Å². The summed E-state index contributed by atoms with van der Waals surface area (Å²) in [6.07, 6.45) is 0.932. The fourth-order valence-corrected chi connectivity index (χ4v) is 2.81. The number of hydrogen-bond donors (Lipinski definition) is 2. The lowest BCUT2D eigenvalue weighted by atomic mass is 9.72. The molecule has 1 atom stereocenters. The average molecular weight is 175 g/mol. The van der Waals surface area contributed by atoms with Crippen molar-refractivity contribution < 1.29 is 5.11 Å². The van der Waals surface area contributed by atoms with Crippen molar-refractivity contribution in [3.8, 4) is 0 Å². The second-order valence-electron chi connectivity index (χ2n) is 4.00. The van der Waals surface area contributed by atoms with Gasteiger partial charge in [0.05, 0.1) is 6.61 Å². The molecule has 0 bridgehead atoms. The molecule has 1 unspecified atom stereocenters. The summed E-state index contributed by atoms with van der Waals surface area (Å²) in [6, 6.07) is 0. The van der Waals surface area contributed by atoms with E-state index in [1.54, 1.807) is 0 Å². The second-order valence-corrected chi connectivity index (χ2v) is 5.11. The van der Waals surface area contributed by atoms with E-state index in [0.717, 1.165) is 17.9 Å². The van der Waals surface area contributed by atoms with Gasteiger partial charge in [-0.2, -0.15) is 11.8 Å². The van der Waals surface area contributed by atoms with Gasteiger partial charge < -0.3 is 10.8 Å². The van der Waals surface area contributed by atoms with Crippen LogP contribution in [0.1, 0.15) is 20.3 Å². The first kappa shape index (κ1) is 9.36. The third-order valence-corrected chi connectivity index (χ3v) is 4.20. The highest BCUT2D eigenvalue weighted by Crippen LogP contribution is 2.39. The summed E-state index contributed by atoms with van der Waals surface area (Å²) in [7, 11) is 0. The monoisotopic (exact) mass is 175 g/mol. The van der Waals surface area contributed by atoms with Crippen LogP contribution in [0.4, 0.5) is 0 Å². The Balaban J connectivity index is 2.74. The molecular formula is C8H17NOS. The van der Waals surface area contributed by atoms with Crippen LogP contribution in [0, 0.1) is 5.41 Å². The molecule has 3 heteroatoms. The van der Waals surface area contributed by atoms with Gasteiger partial charge >= 0.3 is 0 Å². The Morgan fingerprint density at radius 1 is 1.55 bits per heavy atom. The summed E-state index contributed by atoms with van der Waals surface area (Å²) < 4.78 is 0. The molecule has 0 spiro atoms. The minimum atomic E-state index is -0.349. The van der Waals surface area contributed by atoms with E-state index in [1.807, 2.05) is 11.8 Å². The minimum Gasteiger partial charge on any atom is -0.394 e. The molecule has 0 saturated carbocycles.